The van der Waals surface area contributed by atoms with E-state index >= 15 is 0 Å². The van der Waals surface area contributed by atoms with Crippen molar-refractivity contribution in [3.8, 4) is 0 Å². The number of hydrogen-bond donors (Lipinski definition) is 1. The third kappa shape index (κ3) is 3.25. The summed E-state index contributed by atoms with van der Waals surface area (Å²) in [5.74, 6) is 0.469. The quantitative estimate of drug-likeness (QED) is 0.906. The van der Waals surface area contributed by atoms with Crippen molar-refractivity contribution in [3.63, 3.8) is 0 Å². The lowest BCUT2D eigenvalue weighted by molar-refractivity contribution is 0.0961. The minimum Gasteiger partial charge on any atom is -0.330 e. The molecule has 2 atom stereocenters. The van der Waals surface area contributed by atoms with E-state index < -0.39 is 0 Å². The molecule has 1 aliphatic rings. The Kier molecular flexibility index (Phi) is 5.52. The fourth-order valence-electron chi connectivity index (χ4n) is 3.14. The van der Waals surface area contributed by atoms with Gasteiger partial charge in [-0.05, 0) is 56.4 Å². The standard InChI is InChI=1S/C15H22Cl2N2/c1-2-8-19-9-4-5-11(10-18)15(19)12-6-3-7-13(16)14(12)17/h3,6-7,11,15H,2,4-5,8-10,18H2,1H3. The Morgan fingerprint density at radius 1 is 1.37 bits per heavy atom. The Morgan fingerprint density at radius 3 is 2.84 bits per heavy atom. The van der Waals surface area contributed by atoms with E-state index in [4.69, 9.17) is 28.9 Å². The fraction of sp³-hybridized carbons (Fsp3) is 0.600. The maximum Gasteiger partial charge on any atom is 0.0640 e. The molecule has 0 spiro atoms. The molecular formula is C15H22Cl2N2. The van der Waals surface area contributed by atoms with Crippen molar-refractivity contribution < 1.29 is 0 Å². The van der Waals surface area contributed by atoms with Crippen LogP contribution >= 0.6 is 23.2 Å². The van der Waals surface area contributed by atoms with Crippen LogP contribution < -0.4 is 5.73 Å². The molecule has 0 saturated carbocycles. The van der Waals surface area contributed by atoms with Crippen LogP contribution in [0.2, 0.25) is 10.0 Å². The van der Waals surface area contributed by atoms with Crippen LogP contribution in [-0.4, -0.2) is 24.5 Å². The highest BCUT2D eigenvalue weighted by Crippen LogP contribution is 2.40. The molecule has 0 bridgehead atoms. The second kappa shape index (κ2) is 6.94. The largest absolute Gasteiger partial charge is 0.330 e. The zero-order chi connectivity index (χ0) is 13.8. The highest BCUT2D eigenvalue weighted by molar-refractivity contribution is 6.42. The predicted octanol–water partition coefficient (Wildman–Crippen LogP) is 4.12. The molecule has 1 saturated heterocycles. The molecule has 1 fully saturated rings. The number of nitrogens with two attached hydrogens (primary N) is 1. The van der Waals surface area contributed by atoms with Gasteiger partial charge in [-0.2, -0.15) is 0 Å². The highest BCUT2D eigenvalue weighted by Gasteiger charge is 2.32. The van der Waals surface area contributed by atoms with Gasteiger partial charge in [-0.25, -0.2) is 0 Å². The monoisotopic (exact) mass is 300 g/mol. The molecule has 0 radical (unpaired) electrons. The number of rotatable bonds is 4. The van der Waals surface area contributed by atoms with Crippen LogP contribution in [0.25, 0.3) is 0 Å². The molecular weight excluding hydrogens is 279 g/mol. The number of likely N-dealkylation sites (tertiary alicyclic amines) is 1. The Balaban J connectivity index is 2.36. The number of nitrogens with zero attached hydrogens (tertiary/aromatic N) is 1. The molecule has 1 aliphatic heterocycles. The van der Waals surface area contributed by atoms with Gasteiger partial charge in [0.15, 0.2) is 0 Å². The fourth-order valence-corrected chi connectivity index (χ4v) is 3.56. The van der Waals surface area contributed by atoms with Crippen molar-refractivity contribution in [2.75, 3.05) is 19.6 Å². The molecule has 1 aromatic carbocycles. The van der Waals surface area contributed by atoms with E-state index in [1.54, 1.807) is 0 Å². The van der Waals surface area contributed by atoms with Gasteiger partial charge in [0.1, 0.15) is 0 Å². The van der Waals surface area contributed by atoms with Gasteiger partial charge in [0.2, 0.25) is 0 Å². The third-order valence-electron chi connectivity index (χ3n) is 3.97. The molecule has 2 unspecified atom stereocenters. The lowest BCUT2D eigenvalue weighted by atomic mass is 9.84. The summed E-state index contributed by atoms with van der Waals surface area (Å²) in [6, 6.07) is 6.23. The van der Waals surface area contributed by atoms with Crippen LogP contribution in [0.5, 0.6) is 0 Å². The summed E-state index contributed by atoms with van der Waals surface area (Å²) in [5, 5.41) is 1.33. The van der Waals surface area contributed by atoms with E-state index in [9.17, 15) is 0 Å². The number of benzene rings is 1. The molecule has 2 rings (SSSR count). The average molecular weight is 301 g/mol. The summed E-state index contributed by atoms with van der Waals surface area (Å²) in [5.41, 5.74) is 7.11. The van der Waals surface area contributed by atoms with Crippen LogP contribution in [0, 0.1) is 5.92 Å². The maximum absolute atomic E-state index is 6.41. The first-order valence-corrected chi connectivity index (χ1v) is 7.82. The molecule has 0 aromatic heterocycles. The van der Waals surface area contributed by atoms with Crippen LogP contribution in [0.1, 0.15) is 37.8 Å². The Labute approximate surface area is 125 Å². The second-order valence-corrected chi connectivity index (χ2v) is 6.05. The Hall–Kier alpha value is -0.280. The molecule has 1 heterocycles. The second-order valence-electron chi connectivity index (χ2n) is 5.26. The molecule has 2 nitrogen and oxygen atoms in total. The Bertz CT molecular complexity index is 421. The topological polar surface area (TPSA) is 29.3 Å². The lowest BCUT2D eigenvalue weighted by Gasteiger charge is -2.41. The van der Waals surface area contributed by atoms with Crippen molar-refractivity contribution >= 4 is 23.2 Å². The van der Waals surface area contributed by atoms with E-state index in [1.165, 1.54) is 12.8 Å². The number of piperidine rings is 1. The van der Waals surface area contributed by atoms with E-state index in [2.05, 4.69) is 17.9 Å². The first-order valence-electron chi connectivity index (χ1n) is 7.07. The van der Waals surface area contributed by atoms with Gasteiger partial charge in [-0.1, -0.05) is 42.3 Å². The lowest BCUT2D eigenvalue weighted by Crippen LogP contribution is -2.42. The summed E-state index contributed by atoms with van der Waals surface area (Å²) in [6.07, 6.45) is 3.53. The van der Waals surface area contributed by atoms with Crippen molar-refractivity contribution in [3.05, 3.63) is 33.8 Å². The molecule has 0 aliphatic carbocycles. The highest BCUT2D eigenvalue weighted by atomic mass is 35.5. The van der Waals surface area contributed by atoms with E-state index in [0.29, 0.717) is 28.5 Å². The van der Waals surface area contributed by atoms with Crippen molar-refractivity contribution in [2.45, 2.75) is 32.2 Å². The van der Waals surface area contributed by atoms with Gasteiger partial charge >= 0.3 is 0 Å². The first-order chi connectivity index (χ1) is 9.19. The zero-order valence-electron chi connectivity index (χ0n) is 11.4. The van der Waals surface area contributed by atoms with E-state index in [0.717, 1.165) is 25.1 Å². The molecule has 106 valence electrons. The van der Waals surface area contributed by atoms with Crippen LogP contribution in [0.4, 0.5) is 0 Å². The third-order valence-corrected chi connectivity index (χ3v) is 4.81. The van der Waals surface area contributed by atoms with Gasteiger partial charge in [-0.3, -0.25) is 4.90 Å². The maximum atomic E-state index is 6.41. The van der Waals surface area contributed by atoms with Crippen molar-refractivity contribution in [1.82, 2.24) is 4.90 Å². The van der Waals surface area contributed by atoms with Gasteiger partial charge in [-0.15, -0.1) is 0 Å². The smallest absolute Gasteiger partial charge is 0.0640 e. The number of halogens is 2. The van der Waals surface area contributed by atoms with Crippen LogP contribution in [-0.2, 0) is 0 Å². The molecule has 1 aromatic rings. The molecule has 4 heteroatoms. The van der Waals surface area contributed by atoms with Gasteiger partial charge in [0.05, 0.1) is 10.0 Å². The summed E-state index contributed by atoms with van der Waals surface area (Å²) < 4.78 is 0. The SMILES string of the molecule is CCCN1CCCC(CN)C1c1cccc(Cl)c1Cl. The van der Waals surface area contributed by atoms with E-state index in [1.807, 2.05) is 12.1 Å². The molecule has 2 N–H and O–H groups in total. The predicted molar refractivity (Wildman–Crippen MR) is 82.8 cm³/mol. The normalized spacial score (nSPS) is 24.6. The minimum atomic E-state index is 0.310. The van der Waals surface area contributed by atoms with Gasteiger partial charge in [0, 0.05) is 6.04 Å². The summed E-state index contributed by atoms with van der Waals surface area (Å²) in [7, 11) is 0. The van der Waals surface area contributed by atoms with Crippen molar-refractivity contribution in [1.29, 1.82) is 0 Å². The van der Waals surface area contributed by atoms with Gasteiger partial charge in [0.25, 0.3) is 0 Å². The summed E-state index contributed by atoms with van der Waals surface area (Å²) in [4.78, 5) is 2.51. The van der Waals surface area contributed by atoms with Gasteiger partial charge < -0.3 is 5.73 Å². The summed E-state index contributed by atoms with van der Waals surface area (Å²) in [6.45, 7) is 5.12. The zero-order valence-corrected chi connectivity index (χ0v) is 12.9. The van der Waals surface area contributed by atoms with Crippen LogP contribution in [0.3, 0.4) is 0 Å². The molecule has 0 amide bonds. The minimum absolute atomic E-state index is 0.310. The Morgan fingerprint density at radius 2 is 2.16 bits per heavy atom. The molecule has 19 heavy (non-hydrogen) atoms. The van der Waals surface area contributed by atoms with Crippen molar-refractivity contribution in [2.24, 2.45) is 11.7 Å². The van der Waals surface area contributed by atoms with E-state index in [-0.39, 0.29) is 0 Å². The summed E-state index contributed by atoms with van der Waals surface area (Å²) >= 11 is 12.6. The number of hydrogen-bond acceptors (Lipinski definition) is 2. The average Bonchev–Trinajstić information content (AvgIpc) is 2.42. The van der Waals surface area contributed by atoms with Crippen LogP contribution in [0.15, 0.2) is 18.2 Å². The first kappa shape index (κ1) is 15.1.